The topological polar surface area (TPSA) is 78.3 Å². The molecule has 0 unspecified atom stereocenters. The number of hydrogen-bond donors (Lipinski definition) is 1. The Morgan fingerprint density at radius 3 is 2.56 bits per heavy atom. The van der Waals surface area contributed by atoms with Gasteiger partial charge in [0.25, 0.3) is 5.91 Å². The zero-order valence-electron chi connectivity index (χ0n) is 14.2. The van der Waals surface area contributed by atoms with E-state index in [2.05, 4.69) is 15.3 Å². The number of aryl methyl sites for hydroxylation is 1. The Bertz CT molecular complexity index is 888. The lowest BCUT2D eigenvalue weighted by molar-refractivity contribution is 0.102. The lowest BCUT2D eigenvalue weighted by Crippen LogP contribution is -2.14. The van der Waals surface area contributed by atoms with Crippen molar-refractivity contribution in [3.8, 4) is 17.3 Å². The van der Waals surface area contributed by atoms with Gasteiger partial charge in [-0.3, -0.25) is 9.36 Å². The molecule has 25 heavy (non-hydrogen) atoms. The number of benzene rings is 1. The summed E-state index contributed by atoms with van der Waals surface area (Å²) < 4.78 is 12.4. The summed E-state index contributed by atoms with van der Waals surface area (Å²) in [6.07, 6.45) is 5.14. The summed E-state index contributed by atoms with van der Waals surface area (Å²) in [7, 11) is 3.03. The second kappa shape index (κ2) is 7.04. The van der Waals surface area contributed by atoms with E-state index in [1.54, 1.807) is 36.7 Å². The molecule has 1 aromatic carbocycles. The smallest absolute Gasteiger partial charge is 0.259 e. The second-order valence-corrected chi connectivity index (χ2v) is 5.24. The van der Waals surface area contributed by atoms with E-state index >= 15 is 0 Å². The van der Waals surface area contributed by atoms with Gasteiger partial charge in [0.2, 0.25) is 0 Å². The van der Waals surface area contributed by atoms with Crippen LogP contribution in [0.5, 0.6) is 11.5 Å². The van der Waals surface area contributed by atoms with Gasteiger partial charge in [-0.05, 0) is 31.2 Å². The Morgan fingerprint density at radius 2 is 1.96 bits per heavy atom. The third-order valence-electron chi connectivity index (χ3n) is 3.73. The molecule has 0 bridgehead atoms. The number of carbonyl (C=O) groups excluding carboxylic acids is 1. The first kappa shape index (κ1) is 16.5. The number of amides is 1. The summed E-state index contributed by atoms with van der Waals surface area (Å²) in [5.41, 5.74) is 0.966. The maximum atomic E-state index is 12.5. The minimum absolute atomic E-state index is 0.302. The Morgan fingerprint density at radius 1 is 1.12 bits per heavy atom. The molecule has 0 aliphatic carbocycles. The Balaban J connectivity index is 1.81. The minimum Gasteiger partial charge on any atom is -0.493 e. The quantitative estimate of drug-likeness (QED) is 0.774. The fraction of sp³-hybridized carbons (Fsp3) is 0.167. The van der Waals surface area contributed by atoms with E-state index in [1.165, 1.54) is 14.2 Å². The Kier molecular flexibility index (Phi) is 4.65. The molecule has 2 heterocycles. The predicted molar refractivity (Wildman–Crippen MR) is 93.6 cm³/mol. The maximum Gasteiger partial charge on any atom is 0.259 e. The zero-order chi connectivity index (χ0) is 17.8. The average molecular weight is 338 g/mol. The van der Waals surface area contributed by atoms with Crippen molar-refractivity contribution in [2.75, 3.05) is 19.5 Å². The van der Waals surface area contributed by atoms with Crippen molar-refractivity contribution in [2.24, 2.45) is 0 Å². The predicted octanol–water partition coefficient (Wildman–Crippen LogP) is 2.85. The molecule has 0 radical (unpaired) electrons. The molecule has 0 spiro atoms. The summed E-state index contributed by atoms with van der Waals surface area (Å²) in [5, 5.41) is 2.81. The van der Waals surface area contributed by atoms with Crippen LogP contribution in [0.4, 0.5) is 5.69 Å². The van der Waals surface area contributed by atoms with Gasteiger partial charge in [0.05, 0.1) is 31.7 Å². The summed E-state index contributed by atoms with van der Waals surface area (Å²) >= 11 is 0. The van der Waals surface area contributed by atoms with Crippen molar-refractivity contribution in [1.29, 1.82) is 0 Å². The monoisotopic (exact) mass is 338 g/mol. The van der Waals surface area contributed by atoms with Gasteiger partial charge in [-0.2, -0.15) is 0 Å². The lowest BCUT2D eigenvalue weighted by Gasteiger charge is -2.12. The van der Waals surface area contributed by atoms with Crippen LogP contribution < -0.4 is 14.8 Å². The number of anilines is 1. The molecular formula is C18H18N4O3. The van der Waals surface area contributed by atoms with Gasteiger partial charge in [0.1, 0.15) is 11.6 Å². The number of nitrogens with one attached hydrogen (secondary N) is 1. The first-order chi connectivity index (χ1) is 12.1. The molecule has 7 heteroatoms. The average Bonchev–Trinajstić information content (AvgIpc) is 3.07. The van der Waals surface area contributed by atoms with Gasteiger partial charge in [-0.1, -0.05) is 6.07 Å². The highest BCUT2D eigenvalue weighted by Gasteiger charge is 2.16. The molecule has 0 atom stereocenters. The minimum atomic E-state index is -0.302. The number of imidazole rings is 1. The van der Waals surface area contributed by atoms with Crippen LogP contribution in [0, 0.1) is 6.92 Å². The number of para-hydroxylation sites is 1. The Labute approximate surface area is 145 Å². The van der Waals surface area contributed by atoms with Crippen LogP contribution >= 0.6 is 0 Å². The van der Waals surface area contributed by atoms with E-state index in [9.17, 15) is 4.79 Å². The highest BCUT2D eigenvalue weighted by atomic mass is 16.5. The molecule has 0 fully saturated rings. The van der Waals surface area contributed by atoms with Crippen molar-refractivity contribution < 1.29 is 14.3 Å². The normalized spacial score (nSPS) is 10.4. The van der Waals surface area contributed by atoms with Gasteiger partial charge in [0.15, 0.2) is 11.5 Å². The van der Waals surface area contributed by atoms with Crippen LogP contribution in [0.1, 0.15) is 16.2 Å². The number of hydrogen-bond acceptors (Lipinski definition) is 5. The van der Waals surface area contributed by atoms with Gasteiger partial charge in [-0.25, -0.2) is 9.97 Å². The standard InChI is InChI=1S/C18H18N4O3/c1-12-19-9-10-22(12)16-8-7-13(11-20-16)21-18(23)14-5-4-6-15(24-2)17(14)25-3/h4-11H,1-3H3,(H,21,23). The molecule has 3 aromatic rings. The van der Waals surface area contributed by atoms with E-state index in [1.807, 2.05) is 23.8 Å². The van der Waals surface area contributed by atoms with Crippen LogP contribution in [0.3, 0.4) is 0 Å². The fourth-order valence-corrected chi connectivity index (χ4v) is 2.49. The number of ether oxygens (including phenoxy) is 2. The van der Waals surface area contributed by atoms with Gasteiger partial charge in [0, 0.05) is 12.4 Å². The highest BCUT2D eigenvalue weighted by Crippen LogP contribution is 2.31. The molecule has 0 aliphatic rings. The highest BCUT2D eigenvalue weighted by molar-refractivity contribution is 6.06. The number of pyridine rings is 1. The third-order valence-corrected chi connectivity index (χ3v) is 3.73. The van der Waals surface area contributed by atoms with Gasteiger partial charge < -0.3 is 14.8 Å². The zero-order valence-corrected chi connectivity index (χ0v) is 14.2. The number of nitrogens with zero attached hydrogens (tertiary/aromatic N) is 3. The molecule has 7 nitrogen and oxygen atoms in total. The number of aromatic nitrogens is 3. The van der Waals surface area contributed by atoms with E-state index < -0.39 is 0 Å². The van der Waals surface area contributed by atoms with Crippen LogP contribution in [0.25, 0.3) is 5.82 Å². The fourth-order valence-electron chi connectivity index (χ4n) is 2.49. The summed E-state index contributed by atoms with van der Waals surface area (Å²) in [4.78, 5) is 21.1. The van der Waals surface area contributed by atoms with Crippen molar-refractivity contribution >= 4 is 11.6 Å². The Hall–Kier alpha value is -3.35. The maximum absolute atomic E-state index is 12.5. The van der Waals surface area contributed by atoms with Crippen molar-refractivity contribution in [1.82, 2.24) is 14.5 Å². The second-order valence-electron chi connectivity index (χ2n) is 5.24. The summed E-state index contributed by atoms with van der Waals surface area (Å²) in [6.45, 7) is 1.90. The SMILES string of the molecule is COc1cccc(C(=O)Nc2ccc(-n3ccnc3C)nc2)c1OC. The first-order valence-electron chi connectivity index (χ1n) is 7.62. The lowest BCUT2D eigenvalue weighted by atomic mass is 10.1. The van der Waals surface area contributed by atoms with Crippen molar-refractivity contribution in [3.63, 3.8) is 0 Å². The van der Waals surface area contributed by atoms with Gasteiger partial charge in [-0.15, -0.1) is 0 Å². The third kappa shape index (κ3) is 3.30. The summed E-state index contributed by atoms with van der Waals surface area (Å²) in [5.74, 6) is 2.15. The first-order valence-corrected chi connectivity index (χ1v) is 7.62. The van der Waals surface area contributed by atoms with E-state index in [0.717, 1.165) is 11.6 Å². The van der Waals surface area contributed by atoms with E-state index in [-0.39, 0.29) is 5.91 Å². The number of rotatable bonds is 5. The molecule has 2 aromatic heterocycles. The molecule has 128 valence electrons. The van der Waals surface area contributed by atoms with Crippen molar-refractivity contribution in [2.45, 2.75) is 6.92 Å². The molecular weight excluding hydrogens is 320 g/mol. The van der Waals surface area contributed by atoms with Gasteiger partial charge >= 0.3 is 0 Å². The van der Waals surface area contributed by atoms with Crippen LogP contribution in [-0.2, 0) is 0 Å². The van der Waals surface area contributed by atoms with Crippen molar-refractivity contribution in [3.05, 3.63) is 60.3 Å². The molecule has 1 amide bonds. The summed E-state index contributed by atoms with van der Waals surface area (Å²) in [6, 6.07) is 8.74. The molecule has 0 saturated carbocycles. The van der Waals surface area contributed by atoms with E-state index in [0.29, 0.717) is 22.7 Å². The largest absolute Gasteiger partial charge is 0.493 e. The molecule has 0 saturated heterocycles. The van der Waals surface area contributed by atoms with Crippen LogP contribution in [0.2, 0.25) is 0 Å². The number of carbonyl (C=O) groups is 1. The number of methoxy groups -OCH3 is 2. The van der Waals surface area contributed by atoms with E-state index in [4.69, 9.17) is 9.47 Å². The molecule has 0 aliphatic heterocycles. The van der Waals surface area contributed by atoms with Crippen LogP contribution in [0.15, 0.2) is 48.9 Å². The molecule has 1 N–H and O–H groups in total. The molecule has 3 rings (SSSR count). The van der Waals surface area contributed by atoms with Crippen LogP contribution in [-0.4, -0.2) is 34.7 Å².